The highest BCUT2D eigenvalue weighted by Gasteiger charge is 2.26. The molecule has 0 atom stereocenters. The van der Waals surface area contributed by atoms with Gasteiger partial charge in [0, 0.05) is 6.04 Å². The number of fused-ring (bicyclic) bond motifs is 1. The number of hydrogen-bond donors (Lipinski definition) is 2. The second-order valence-electron chi connectivity index (χ2n) is 5.64. The SMILES string of the molecule is O=C(N/N=C\c1ccc(-c2nc3ccccc3s2)o1)C(=O)NC1CC1. The zero-order valence-electron chi connectivity index (χ0n) is 13.1. The van der Waals surface area contributed by atoms with E-state index in [0.29, 0.717) is 11.5 Å². The molecule has 3 aromatic rings. The van der Waals surface area contributed by atoms with Crippen LogP contribution < -0.4 is 10.7 Å². The first-order chi connectivity index (χ1) is 12.2. The van der Waals surface area contributed by atoms with E-state index in [1.807, 2.05) is 24.3 Å². The van der Waals surface area contributed by atoms with E-state index in [-0.39, 0.29) is 6.04 Å². The number of amides is 2. The van der Waals surface area contributed by atoms with Crippen LogP contribution in [0.15, 0.2) is 45.9 Å². The largest absolute Gasteiger partial charge is 0.453 e. The molecule has 2 aromatic heterocycles. The van der Waals surface area contributed by atoms with Crippen molar-refractivity contribution in [2.24, 2.45) is 5.10 Å². The van der Waals surface area contributed by atoms with Gasteiger partial charge in [0.25, 0.3) is 0 Å². The van der Waals surface area contributed by atoms with Crippen molar-refractivity contribution in [1.82, 2.24) is 15.7 Å². The van der Waals surface area contributed by atoms with Crippen LogP contribution in [-0.2, 0) is 9.59 Å². The fraction of sp³-hybridized carbons (Fsp3) is 0.176. The molecule has 0 saturated heterocycles. The number of carbonyl (C=O) groups excluding carboxylic acids is 2. The maximum Gasteiger partial charge on any atom is 0.329 e. The Labute approximate surface area is 146 Å². The average Bonchev–Trinajstić information content (AvgIpc) is 3.13. The van der Waals surface area contributed by atoms with Crippen LogP contribution in [0.3, 0.4) is 0 Å². The number of carbonyl (C=O) groups is 2. The highest BCUT2D eigenvalue weighted by molar-refractivity contribution is 7.21. The number of rotatable bonds is 4. The molecule has 4 rings (SSSR count). The summed E-state index contributed by atoms with van der Waals surface area (Å²) in [5, 5.41) is 7.10. The zero-order chi connectivity index (χ0) is 17.2. The molecule has 2 amide bonds. The van der Waals surface area contributed by atoms with Crippen molar-refractivity contribution in [3.05, 3.63) is 42.2 Å². The lowest BCUT2D eigenvalue weighted by Crippen LogP contribution is -2.38. The van der Waals surface area contributed by atoms with E-state index in [1.54, 1.807) is 12.1 Å². The Morgan fingerprint density at radius 1 is 1.20 bits per heavy atom. The van der Waals surface area contributed by atoms with E-state index < -0.39 is 11.8 Å². The molecule has 2 heterocycles. The summed E-state index contributed by atoms with van der Waals surface area (Å²) < 4.78 is 6.74. The molecular weight excluding hydrogens is 340 g/mol. The fourth-order valence-corrected chi connectivity index (χ4v) is 3.13. The average molecular weight is 354 g/mol. The number of aromatic nitrogens is 1. The predicted octanol–water partition coefficient (Wildman–Crippen LogP) is 2.29. The maximum absolute atomic E-state index is 11.5. The first-order valence-corrected chi connectivity index (χ1v) is 8.60. The lowest BCUT2D eigenvalue weighted by atomic mass is 10.3. The van der Waals surface area contributed by atoms with Gasteiger partial charge in [-0.2, -0.15) is 5.10 Å². The molecule has 0 aliphatic heterocycles. The molecule has 1 fully saturated rings. The van der Waals surface area contributed by atoms with Gasteiger partial charge in [-0.15, -0.1) is 11.3 Å². The molecule has 8 heteroatoms. The Kier molecular flexibility index (Phi) is 4.02. The van der Waals surface area contributed by atoms with Crippen LogP contribution in [0, 0.1) is 0 Å². The lowest BCUT2D eigenvalue weighted by Gasteiger charge is -2.00. The number of thiazole rings is 1. The Morgan fingerprint density at radius 3 is 2.84 bits per heavy atom. The zero-order valence-corrected chi connectivity index (χ0v) is 13.9. The van der Waals surface area contributed by atoms with E-state index in [1.165, 1.54) is 17.6 Å². The van der Waals surface area contributed by atoms with Gasteiger partial charge in [0.1, 0.15) is 5.76 Å². The van der Waals surface area contributed by atoms with Gasteiger partial charge in [-0.1, -0.05) is 12.1 Å². The van der Waals surface area contributed by atoms with Crippen LogP contribution in [0.2, 0.25) is 0 Å². The second-order valence-corrected chi connectivity index (χ2v) is 6.67. The fourth-order valence-electron chi connectivity index (χ4n) is 2.20. The van der Waals surface area contributed by atoms with Crippen LogP contribution in [-0.4, -0.2) is 29.1 Å². The summed E-state index contributed by atoms with van der Waals surface area (Å²) in [7, 11) is 0. The molecular formula is C17H14N4O3S. The third-order valence-electron chi connectivity index (χ3n) is 3.61. The van der Waals surface area contributed by atoms with Gasteiger partial charge in [-0.25, -0.2) is 10.4 Å². The third kappa shape index (κ3) is 3.58. The van der Waals surface area contributed by atoms with Gasteiger partial charge in [0.2, 0.25) is 0 Å². The summed E-state index contributed by atoms with van der Waals surface area (Å²) in [5.74, 6) is -0.382. The summed E-state index contributed by atoms with van der Waals surface area (Å²) in [6, 6.07) is 11.5. The Morgan fingerprint density at radius 2 is 2.04 bits per heavy atom. The van der Waals surface area contributed by atoms with E-state index in [9.17, 15) is 9.59 Å². The molecule has 7 nitrogen and oxygen atoms in total. The van der Waals surface area contributed by atoms with E-state index in [4.69, 9.17) is 4.42 Å². The molecule has 1 aliphatic carbocycles. The van der Waals surface area contributed by atoms with Crippen LogP contribution in [0.1, 0.15) is 18.6 Å². The van der Waals surface area contributed by atoms with Gasteiger partial charge in [0.05, 0.1) is 16.4 Å². The summed E-state index contributed by atoms with van der Waals surface area (Å²) >= 11 is 1.54. The smallest absolute Gasteiger partial charge is 0.329 e. The van der Waals surface area contributed by atoms with Gasteiger partial charge >= 0.3 is 11.8 Å². The number of benzene rings is 1. The van der Waals surface area contributed by atoms with Crippen LogP contribution in [0.5, 0.6) is 0 Å². The van der Waals surface area contributed by atoms with Crippen LogP contribution >= 0.6 is 11.3 Å². The van der Waals surface area contributed by atoms with Crippen molar-refractivity contribution < 1.29 is 14.0 Å². The number of hydrogen-bond acceptors (Lipinski definition) is 6. The van der Waals surface area contributed by atoms with Crippen molar-refractivity contribution in [3.63, 3.8) is 0 Å². The van der Waals surface area contributed by atoms with Gasteiger partial charge in [-0.3, -0.25) is 9.59 Å². The summed E-state index contributed by atoms with van der Waals surface area (Å²) in [4.78, 5) is 27.5. The minimum Gasteiger partial charge on any atom is -0.453 e. The normalized spacial score (nSPS) is 14.1. The van der Waals surface area contributed by atoms with E-state index in [0.717, 1.165) is 28.1 Å². The molecule has 2 N–H and O–H groups in total. The summed E-state index contributed by atoms with van der Waals surface area (Å²) in [6.45, 7) is 0. The van der Waals surface area contributed by atoms with Crippen LogP contribution in [0.4, 0.5) is 0 Å². The minimum atomic E-state index is -0.791. The highest BCUT2D eigenvalue weighted by atomic mass is 32.1. The second kappa shape index (κ2) is 6.48. The topological polar surface area (TPSA) is 96.6 Å². The molecule has 126 valence electrons. The molecule has 25 heavy (non-hydrogen) atoms. The molecule has 1 saturated carbocycles. The van der Waals surface area contributed by atoms with Crippen molar-refractivity contribution in [2.45, 2.75) is 18.9 Å². The number of furan rings is 1. The monoisotopic (exact) mass is 354 g/mol. The first-order valence-electron chi connectivity index (χ1n) is 7.79. The number of nitrogens with one attached hydrogen (secondary N) is 2. The Hall–Kier alpha value is -3.00. The molecule has 0 radical (unpaired) electrons. The standard InChI is InChI=1S/C17H14N4O3S/c22-15(19-10-5-6-10)16(23)21-18-9-11-7-8-13(24-11)17-20-12-3-1-2-4-14(12)25-17/h1-4,7-10H,5-6H2,(H,19,22)(H,21,23)/b18-9-. The van der Waals surface area contributed by atoms with E-state index >= 15 is 0 Å². The predicted molar refractivity (Wildman–Crippen MR) is 94.2 cm³/mol. The minimum absolute atomic E-state index is 0.128. The van der Waals surface area contributed by atoms with Gasteiger partial charge < -0.3 is 9.73 Å². The van der Waals surface area contributed by atoms with Crippen molar-refractivity contribution in [3.8, 4) is 10.8 Å². The van der Waals surface area contributed by atoms with Gasteiger partial charge in [0.15, 0.2) is 10.8 Å². The highest BCUT2D eigenvalue weighted by Crippen LogP contribution is 2.30. The quantitative estimate of drug-likeness (QED) is 0.427. The molecule has 0 bridgehead atoms. The number of nitrogens with zero attached hydrogens (tertiary/aromatic N) is 2. The first kappa shape index (κ1) is 15.5. The molecule has 0 spiro atoms. The number of para-hydroxylation sites is 1. The molecule has 1 aromatic carbocycles. The van der Waals surface area contributed by atoms with Crippen molar-refractivity contribution >= 4 is 39.6 Å². The maximum atomic E-state index is 11.5. The van der Waals surface area contributed by atoms with Crippen molar-refractivity contribution in [1.29, 1.82) is 0 Å². The Bertz CT molecular complexity index is 938. The number of hydrazone groups is 1. The lowest BCUT2D eigenvalue weighted by molar-refractivity contribution is -0.139. The van der Waals surface area contributed by atoms with E-state index in [2.05, 4.69) is 20.8 Å². The molecule has 1 aliphatic rings. The van der Waals surface area contributed by atoms with Crippen molar-refractivity contribution in [2.75, 3.05) is 0 Å². The Balaban J connectivity index is 1.40. The summed E-state index contributed by atoms with van der Waals surface area (Å²) in [6.07, 6.45) is 3.19. The third-order valence-corrected chi connectivity index (χ3v) is 4.66. The van der Waals surface area contributed by atoms with Gasteiger partial charge in [-0.05, 0) is 37.1 Å². The van der Waals surface area contributed by atoms with Crippen LogP contribution in [0.25, 0.3) is 21.0 Å². The molecule has 0 unspecified atom stereocenters. The summed E-state index contributed by atoms with van der Waals surface area (Å²) in [5.41, 5.74) is 3.10.